The molecule has 0 fully saturated rings. The molecule has 0 heterocycles. The lowest BCUT2D eigenvalue weighted by molar-refractivity contribution is 1.31. The largest absolute Gasteiger partial charge is 0.130 e. The predicted octanol–water partition coefficient (Wildman–Crippen LogP) is 3.58. The van der Waals surface area contributed by atoms with E-state index in [0.717, 1.165) is 0 Å². The molecular formula is C11H18SSi. The van der Waals surface area contributed by atoms with Gasteiger partial charge in [-0.05, 0) is 17.5 Å². The van der Waals surface area contributed by atoms with Gasteiger partial charge < -0.3 is 0 Å². The lowest BCUT2D eigenvalue weighted by Crippen LogP contribution is -2.12. The molecule has 0 spiro atoms. The molecule has 1 aromatic carbocycles. The summed E-state index contributed by atoms with van der Waals surface area (Å²) in [6.07, 6.45) is 0. The van der Waals surface area contributed by atoms with Gasteiger partial charge in [0, 0.05) is 13.7 Å². The minimum atomic E-state index is -0.399. The van der Waals surface area contributed by atoms with Crippen LogP contribution < -0.4 is 0 Å². The van der Waals surface area contributed by atoms with Gasteiger partial charge in [0.1, 0.15) is 0 Å². The van der Waals surface area contributed by atoms with E-state index in [1.54, 1.807) is 0 Å². The molecule has 0 unspecified atom stereocenters. The Morgan fingerprint density at radius 1 is 1.08 bits per heavy atom. The van der Waals surface area contributed by atoms with Crippen LogP contribution in [0.25, 0.3) is 0 Å². The van der Waals surface area contributed by atoms with Gasteiger partial charge in [-0.25, -0.2) is 0 Å². The predicted molar refractivity (Wildman–Crippen MR) is 65.3 cm³/mol. The molecule has 0 aliphatic rings. The van der Waals surface area contributed by atoms with Gasteiger partial charge in [-0.15, -0.1) is 11.8 Å². The van der Waals surface area contributed by atoms with Crippen LogP contribution >= 0.6 is 11.8 Å². The molecule has 0 saturated heterocycles. The number of thioether (sulfide) groups is 1. The summed E-state index contributed by atoms with van der Waals surface area (Å²) in [6, 6.07) is 13.6. The van der Waals surface area contributed by atoms with Crippen LogP contribution in [0.3, 0.4) is 0 Å². The molecule has 2 heteroatoms. The third-order valence-electron chi connectivity index (χ3n) is 2.38. The normalized spacial score (nSPS) is 10.7. The maximum absolute atomic E-state index is 2.34. The third-order valence-corrected chi connectivity index (χ3v) is 7.85. The van der Waals surface area contributed by atoms with Crippen molar-refractivity contribution in [2.75, 3.05) is 5.38 Å². The van der Waals surface area contributed by atoms with E-state index in [-0.39, 0.29) is 0 Å². The average Bonchev–Trinajstić information content (AvgIpc) is 2.21. The minimum Gasteiger partial charge on any atom is -0.130 e. The standard InChI is InChI=1S/C11H18SSi/c1-3-13(4-2)10-12-11-8-6-5-7-9-11/h5-9,13H,3-4,10H2,1-2H3. The van der Waals surface area contributed by atoms with Crippen molar-refractivity contribution >= 4 is 20.6 Å². The van der Waals surface area contributed by atoms with E-state index in [1.807, 2.05) is 11.8 Å². The first-order valence-corrected chi connectivity index (χ1v) is 8.48. The zero-order valence-corrected chi connectivity index (χ0v) is 10.5. The van der Waals surface area contributed by atoms with Crippen molar-refractivity contribution in [2.24, 2.45) is 0 Å². The minimum absolute atomic E-state index is 0.399. The molecule has 0 aromatic heterocycles. The molecule has 0 N–H and O–H groups in total. The number of benzene rings is 1. The van der Waals surface area contributed by atoms with Crippen molar-refractivity contribution in [1.29, 1.82) is 0 Å². The van der Waals surface area contributed by atoms with Crippen LogP contribution in [0, 0.1) is 0 Å². The Morgan fingerprint density at radius 2 is 1.69 bits per heavy atom. The van der Waals surface area contributed by atoms with Crippen molar-refractivity contribution in [3.8, 4) is 0 Å². The highest BCUT2D eigenvalue weighted by atomic mass is 32.2. The molecule has 1 rings (SSSR count). The monoisotopic (exact) mass is 210 g/mol. The van der Waals surface area contributed by atoms with E-state index in [1.165, 1.54) is 22.4 Å². The van der Waals surface area contributed by atoms with E-state index in [2.05, 4.69) is 44.2 Å². The highest BCUT2D eigenvalue weighted by Gasteiger charge is 2.05. The summed E-state index contributed by atoms with van der Waals surface area (Å²) < 4.78 is 0. The Morgan fingerprint density at radius 3 is 2.23 bits per heavy atom. The van der Waals surface area contributed by atoms with Gasteiger partial charge in [0.25, 0.3) is 0 Å². The van der Waals surface area contributed by atoms with Crippen LogP contribution in [0.5, 0.6) is 0 Å². The van der Waals surface area contributed by atoms with Gasteiger partial charge >= 0.3 is 0 Å². The molecule has 0 saturated carbocycles. The van der Waals surface area contributed by atoms with E-state index < -0.39 is 8.80 Å². The Kier molecular flexibility index (Phi) is 5.24. The summed E-state index contributed by atoms with van der Waals surface area (Å²) >= 11 is 2.04. The van der Waals surface area contributed by atoms with E-state index >= 15 is 0 Å². The fourth-order valence-corrected chi connectivity index (χ4v) is 5.78. The first kappa shape index (κ1) is 10.9. The Hall–Kier alpha value is -0.213. The molecule has 0 atom stereocenters. The molecule has 0 nitrogen and oxygen atoms in total. The van der Waals surface area contributed by atoms with Crippen LogP contribution in [0.15, 0.2) is 35.2 Å². The van der Waals surface area contributed by atoms with Gasteiger partial charge in [0.05, 0.1) is 0 Å². The smallest absolute Gasteiger partial charge is 0.0478 e. The molecule has 0 amide bonds. The average molecular weight is 210 g/mol. The number of hydrogen-bond acceptors (Lipinski definition) is 1. The fraction of sp³-hybridized carbons (Fsp3) is 0.455. The highest BCUT2D eigenvalue weighted by Crippen LogP contribution is 2.19. The number of rotatable bonds is 5. The third kappa shape index (κ3) is 4.01. The first-order valence-electron chi connectivity index (χ1n) is 5.04. The van der Waals surface area contributed by atoms with Crippen LogP contribution in [0.4, 0.5) is 0 Å². The van der Waals surface area contributed by atoms with Crippen LogP contribution in [0.2, 0.25) is 12.1 Å². The molecule has 0 bridgehead atoms. The van der Waals surface area contributed by atoms with Gasteiger partial charge in [-0.2, -0.15) is 0 Å². The molecule has 13 heavy (non-hydrogen) atoms. The van der Waals surface area contributed by atoms with Gasteiger partial charge in [-0.3, -0.25) is 0 Å². The summed E-state index contributed by atoms with van der Waals surface area (Å²) in [5.41, 5.74) is 0. The summed E-state index contributed by atoms with van der Waals surface area (Å²) in [7, 11) is -0.399. The summed E-state index contributed by atoms with van der Waals surface area (Å²) in [4.78, 5) is 1.43. The molecular weight excluding hydrogens is 192 g/mol. The van der Waals surface area contributed by atoms with Crippen molar-refractivity contribution in [3.63, 3.8) is 0 Å². The Bertz CT molecular complexity index is 219. The van der Waals surface area contributed by atoms with Gasteiger partial charge in [0.2, 0.25) is 0 Å². The fourth-order valence-electron chi connectivity index (χ4n) is 1.26. The highest BCUT2D eigenvalue weighted by molar-refractivity contribution is 8.00. The second-order valence-corrected chi connectivity index (χ2v) is 8.77. The quantitative estimate of drug-likeness (QED) is 0.529. The zero-order valence-electron chi connectivity index (χ0n) is 8.49. The number of hydrogen-bond donors (Lipinski definition) is 0. The van der Waals surface area contributed by atoms with E-state index in [4.69, 9.17) is 0 Å². The second-order valence-electron chi connectivity index (χ2n) is 3.31. The molecule has 0 radical (unpaired) electrons. The SMILES string of the molecule is CC[SiH](CC)CSc1ccccc1. The van der Waals surface area contributed by atoms with Crippen molar-refractivity contribution in [2.45, 2.75) is 30.8 Å². The van der Waals surface area contributed by atoms with Crippen LogP contribution in [-0.2, 0) is 0 Å². The van der Waals surface area contributed by atoms with E-state index in [9.17, 15) is 0 Å². The van der Waals surface area contributed by atoms with Crippen LogP contribution in [-0.4, -0.2) is 14.2 Å². The molecule has 0 aliphatic heterocycles. The lowest BCUT2D eigenvalue weighted by atomic mass is 10.4. The van der Waals surface area contributed by atoms with Crippen molar-refractivity contribution < 1.29 is 0 Å². The maximum atomic E-state index is 2.34. The zero-order chi connectivity index (χ0) is 9.52. The first-order chi connectivity index (χ1) is 6.36. The molecule has 0 aliphatic carbocycles. The Labute approximate surface area is 87.4 Å². The van der Waals surface area contributed by atoms with Crippen molar-refractivity contribution in [3.05, 3.63) is 30.3 Å². The topological polar surface area (TPSA) is 0 Å². The summed E-state index contributed by atoms with van der Waals surface area (Å²) in [5.74, 6) is 0. The van der Waals surface area contributed by atoms with Gasteiger partial charge in [0.15, 0.2) is 0 Å². The second kappa shape index (κ2) is 6.27. The van der Waals surface area contributed by atoms with E-state index in [0.29, 0.717) is 0 Å². The van der Waals surface area contributed by atoms with Gasteiger partial charge in [-0.1, -0.05) is 44.1 Å². The lowest BCUT2D eigenvalue weighted by Gasteiger charge is -2.09. The van der Waals surface area contributed by atoms with Crippen molar-refractivity contribution in [1.82, 2.24) is 0 Å². The molecule has 72 valence electrons. The summed E-state index contributed by atoms with van der Waals surface area (Å²) in [6.45, 7) is 4.68. The maximum Gasteiger partial charge on any atom is 0.0478 e. The Balaban J connectivity index is 2.34. The molecule has 1 aromatic rings. The van der Waals surface area contributed by atoms with Crippen LogP contribution in [0.1, 0.15) is 13.8 Å². The summed E-state index contributed by atoms with van der Waals surface area (Å²) in [5, 5.41) is 1.40.